The summed E-state index contributed by atoms with van der Waals surface area (Å²) in [5.41, 5.74) is 10.8. The number of aromatic nitrogens is 2. The number of aryl methyl sites for hydroxylation is 2. The van der Waals surface area contributed by atoms with Crippen LogP contribution in [-0.4, -0.2) is 39.2 Å². The summed E-state index contributed by atoms with van der Waals surface area (Å²) < 4.78 is 0. The average molecular weight is 449 g/mol. The molecule has 0 aliphatic carbocycles. The maximum Gasteiger partial charge on any atom is 0.256 e. The third kappa shape index (κ3) is 5.28. The van der Waals surface area contributed by atoms with Crippen molar-refractivity contribution in [2.24, 2.45) is 5.73 Å². The zero-order chi connectivity index (χ0) is 23.4. The number of aromatic amines is 1. The number of benzene rings is 2. The molecular weight excluding hydrogens is 416 g/mol. The summed E-state index contributed by atoms with van der Waals surface area (Å²) in [6, 6.07) is 12.1. The minimum atomic E-state index is -0.574. The van der Waals surface area contributed by atoms with Crippen molar-refractivity contribution in [2.45, 2.75) is 46.2 Å². The Labute approximate surface area is 194 Å². The monoisotopic (exact) mass is 448 g/mol. The van der Waals surface area contributed by atoms with Crippen LogP contribution in [0.5, 0.6) is 5.75 Å². The largest absolute Gasteiger partial charge is 0.507 e. The molecule has 174 valence electrons. The van der Waals surface area contributed by atoms with Gasteiger partial charge in [0.2, 0.25) is 0 Å². The Bertz CT molecular complexity index is 1120. The molecule has 33 heavy (non-hydrogen) atoms. The second-order valence-electron chi connectivity index (χ2n) is 8.62. The van der Waals surface area contributed by atoms with Gasteiger partial charge in [0.25, 0.3) is 5.91 Å². The zero-order valence-corrected chi connectivity index (χ0v) is 19.2. The number of carbonyl (C=O) groups is 1. The quantitative estimate of drug-likeness (QED) is 0.337. The molecule has 1 aliphatic rings. The molecule has 2 aromatic carbocycles. The number of H-pyrrole nitrogens is 1. The minimum absolute atomic E-state index is 0.280. The Hall–Kier alpha value is -3.52. The summed E-state index contributed by atoms with van der Waals surface area (Å²) >= 11 is 0. The topological polar surface area (TPSA) is 119 Å². The van der Waals surface area contributed by atoms with E-state index in [2.05, 4.69) is 37.9 Å². The van der Waals surface area contributed by atoms with E-state index in [1.165, 1.54) is 18.4 Å². The van der Waals surface area contributed by atoms with Gasteiger partial charge in [-0.1, -0.05) is 31.2 Å². The number of nitrogens with zero attached hydrogens (tertiary/aromatic N) is 2. The van der Waals surface area contributed by atoms with Crippen LogP contribution in [0.1, 0.15) is 52.4 Å². The number of anilines is 3. The van der Waals surface area contributed by atoms with Gasteiger partial charge in [-0.05, 0) is 73.7 Å². The van der Waals surface area contributed by atoms with Crippen molar-refractivity contribution in [1.82, 2.24) is 15.1 Å². The number of phenols is 1. The highest BCUT2D eigenvalue weighted by atomic mass is 16.3. The lowest BCUT2D eigenvalue weighted by atomic mass is 10.0. The number of nitrogens with one attached hydrogen (secondary N) is 3. The Morgan fingerprint density at radius 2 is 1.91 bits per heavy atom. The number of aromatic hydroxyl groups is 1. The standard InChI is InChI=1S/C25H32N6O2/c1-3-19-13-18(12-16(2)22(19)32)14-27-24-21(23(26)33)25(30-29-24)28-20-8-6-17(7-9-20)15-31-10-4-5-11-31/h6-9,12-13,32H,3-5,10-11,14-15H2,1-2H3,(H2,26,33)(H3,27,28,29,30). The van der Waals surface area contributed by atoms with Gasteiger partial charge in [0.1, 0.15) is 17.1 Å². The number of amides is 1. The van der Waals surface area contributed by atoms with Crippen molar-refractivity contribution < 1.29 is 9.90 Å². The molecule has 0 atom stereocenters. The first-order chi connectivity index (χ1) is 15.9. The molecule has 0 spiro atoms. The number of likely N-dealkylation sites (tertiary alicyclic amines) is 1. The molecule has 4 rings (SSSR count). The van der Waals surface area contributed by atoms with Crippen LogP contribution in [0.25, 0.3) is 0 Å². The lowest BCUT2D eigenvalue weighted by Crippen LogP contribution is -2.18. The van der Waals surface area contributed by atoms with Gasteiger partial charge in [0, 0.05) is 18.8 Å². The van der Waals surface area contributed by atoms with Crippen LogP contribution < -0.4 is 16.4 Å². The fourth-order valence-electron chi connectivity index (χ4n) is 4.33. The third-order valence-corrected chi connectivity index (χ3v) is 6.12. The molecule has 8 nitrogen and oxygen atoms in total. The molecule has 1 amide bonds. The maximum absolute atomic E-state index is 12.2. The van der Waals surface area contributed by atoms with Crippen molar-refractivity contribution in [2.75, 3.05) is 23.7 Å². The summed E-state index contributed by atoms with van der Waals surface area (Å²) in [7, 11) is 0. The molecule has 0 radical (unpaired) electrons. The van der Waals surface area contributed by atoms with E-state index < -0.39 is 5.91 Å². The van der Waals surface area contributed by atoms with E-state index in [0.29, 0.717) is 23.9 Å². The van der Waals surface area contributed by atoms with E-state index in [-0.39, 0.29) is 5.56 Å². The zero-order valence-electron chi connectivity index (χ0n) is 19.2. The molecule has 2 heterocycles. The first kappa shape index (κ1) is 22.7. The second-order valence-corrected chi connectivity index (χ2v) is 8.62. The van der Waals surface area contributed by atoms with Crippen molar-refractivity contribution in [1.29, 1.82) is 0 Å². The number of primary amides is 1. The fraction of sp³-hybridized carbons (Fsp3) is 0.360. The molecule has 0 bridgehead atoms. The van der Waals surface area contributed by atoms with Gasteiger partial charge in [0.05, 0.1) is 0 Å². The van der Waals surface area contributed by atoms with Gasteiger partial charge >= 0.3 is 0 Å². The van der Waals surface area contributed by atoms with Gasteiger partial charge in [0.15, 0.2) is 5.82 Å². The van der Waals surface area contributed by atoms with Crippen molar-refractivity contribution in [3.8, 4) is 5.75 Å². The van der Waals surface area contributed by atoms with Crippen LogP contribution in [0, 0.1) is 6.92 Å². The van der Waals surface area contributed by atoms with Crippen LogP contribution in [0.3, 0.4) is 0 Å². The van der Waals surface area contributed by atoms with Gasteiger partial charge in [-0.15, -0.1) is 0 Å². The number of rotatable bonds is 9. The minimum Gasteiger partial charge on any atom is -0.507 e. The van der Waals surface area contributed by atoms with Crippen molar-refractivity contribution in [3.05, 3.63) is 64.2 Å². The smallest absolute Gasteiger partial charge is 0.256 e. The second kappa shape index (κ2) is 9.95. The van der Waals surface area contributed by atoms with E-state index in [1.807, 2.05) is 38.1 Å². The molecule has 1 saturated heterocycles. The van der Waals surface area contributed by atoms with Crippen LogP contribution in [-0.2, 0) is 19.5 Å². The predicted octanol–water partition coefficient (Wildman–Crippen LogP) is 4.04. The molecule has 1 fully saturated rings. The molecule has 0 unspecified atom stereocenters. The molecule has 1 aromatic heterocycles. The first-order valence-corrected chi connectivity index (χ1v) is 11.5. The highest BCUT2D eigenvalue weighted by Gasteiger charge is 2.19. The SMILES string of the molecule is CCc1cc(CNc2n[nH]c(Nc3ccc(CN4CCCC4)cc3)c2C(N)=O)cc(C)c1O. The third-order valence-electron chi connectivity index (χ3n) is 6.12. The molecule has 6 N–H and O–H groups in total. The molecule has 3 aromatic rings. The predicted molar refractivity (Wildman–Crippen MR) is 131 cm³/mol. The highest BCUT2D eigenvalue weighted by molar-refractivity contribution is 6.03. The number of hydrogen-bond donors (Lipinski definition) is 5. The number of carbonyl (C=O) groups excluding carboxylic acids is 1. The van der Waals surface area contributed by atoms with E-state index in [0.717, 1.165) is 48.4 Å². The van der Waals surface area contributed by atoms with Crippen LogP contribution in [0.2, 0.25) is 0 Å². The fourth-order valence-corrected chi connectivity index (χ4v) is 4.33. The van der Waals surface area contributed by atoms with E-state index >= 15 is 0 Å². The van der Waals surface area contributed by atoms with Crippen molar-refractivity contribution >= 4 is 23.2 Å². The normalized spacial score (nSPS) is 13.9. The van der Waals surface area contributed by atoms with E-state index in [4.69, 9.17) is 5.73 Å². The summed E-state index contributed by atoms with van der Waals surface area (Å²) in [5.74, 6) is 0.597. The summed E-state index contributed by atoms with van der Waals surface area (Å²) in [5, 5.41) is 23.7. The lowest BCUT2D eigenvalue weighted by Gasteiger charge is -2.15. The van der Waals surface area contributed by atoms with Gasteiger partial charge in [-0.25, -0.2) is 0 Å². The van der Waals surface area contributed by atoms with Gasteiger partial charge < -0.3 is 21.5 Å². The van der Waals surface area contributed by atoms with Crippen LogP contribution in [0.15, 0.2) is 36.4 Å². The summed E-state index contributed by atoms with van der Waals surface area (Å²) in [6.07, 6.45) is 3.29. The Morgan fingerprint density at radius 3 is 2.58 bits per heavy atom. The van der Waals surface area contributed by atoms with Gasteiger partial charge in [-0.2, -0.15) is 5.10 Å². The maximum atomic E-state index is 12.2. The number of phenolic OH excluding ortho intramolecular Hbond substituents is 1. The summed E-state index contributed by atoms with van der Waals surface area (Å²) in [6.45, 7) is 7.61. The Morgan fingerprint density at radius 1 is 1.18 bits per heavy atom. The Balaban J connectivity index is 1.45. The molecule has 0 saturated carbocycles. The van der Waals surface area contributed by atoms with Gasteiger partial charge in [-0.3, -0.25) is 14.8 Å². The highest BCUT2D eigenvalue weighted by Crippen LogP contribution is 2.27. The molecular formula is C25H32N6O2. The summed E-state index contributed by atoms with van der Waals surface area (Å²) in [4.78, 5) is 14.7. The van der Waals surface area contributed by atoms with Crippen molar-refractivity contribution in [3.63, 3.8) is 0 Å². The van der Waals surface area contributed by atoms with Crippen LogP contribution in [0.4, 0.5) is 17.3 Å². The Kier molecular flexibility index (Phi) is 6.84. The van der Waals surface area contributed by atoms with E-state index in [1.54, 1.807) is 0 Å². The lowest BCUT2D eigenvalue weighted by molar-refractivity contribution is 0.100. The van der Waals surface area contributed by atoms with Crippen LogP contribution >= 0.6 is 0 Å². The number of hydrogen-bond acceptors (Lipinski definition) is 6. The van der Waals surface area contributed by atoms with E-state index in [9.17, 15) is 9.90 Å². The molecule has 1 aliphatic heterocycles. The first-order valence-electron chi connectivity index (χ1n) is 11.5. The molecule has 8 heteroatoms. The average Bonchev–Trinajstić information content (AvgIpc) is 3.45. The number of nitrogens with two attached hydrogens (primary N) is 1.